The minimum atomic E-state index is -0.0745. The number of rotatable bonds is 6. The molecule has 0 unspecified atom stereocenters. The van der Waals surface area contributed by atoms with E-state index in [2.05, 4.69) is 35.4 Å². The van der Waals surface area contributed by atoms with Crippen LogP contribution in [0.25, 0.3) is 11.7 Å². The molecule has 1 aromatic carbocycles. The quantitative estimate of drug-likeness (QED) is 0.644. The Hall–Kier alpha value is -3.53. The van der Waals surface area contributed by atoms with Gasteiger partial charge in [-0.1, -0.05) is 25.5 Å². The topological polar surface area (TPSA) is 95.3 Å². The first-order chi connectivity index (χ1) is 14.7. The van der Waals surface area contributed by atoms with E-state index in [1.54, 1.807) is 12.1 Å². The third-order valence-corrected chi connectivity index (χ3v) is 5.36. The standard InChI is InChI=1S/C23H24N4O3/c1-2-4-16-6-8-18(9-7-16)25-21(28)17-10-12-27(13-11-17)23-19(15-24)26-22(30-23)20-5-3-14-29-20/h3,5-9,14,17H,2,4,10-13H2,1H3,(H,25,28). The summed E-state index contributed by atoms with van der Waals surface area (Å²) in [5.74, 6) is 1.17. The molecule has 1 aliphatic heterocycles. The number of nitrogens with one attached hydrogen (secondary N) is 1. The molecule has 3 heterocycles. The molecular weight excluding hydrogens is 380 g/mol. The third kappa shape index (κ3) is 4.23. The molecule has 0 spiro atoms. The molecule has 0 atom stereocenters. The van der Waals surface area contributed by atoms with Gasteiger partial charge < -0.3 is 19.1 Å². The molecule has 1 aliphatic rings. The zero-order chi connectivity index (χ0) is 20.9. The van der Waals surface area contributed by atoms with E-state index in [0.717, 1.165) is 18.5 Å². The number of hydrogen-bond acceptors (Lipinski definition) is 6. The number of benzene rings is 1. The van der Waals surface area contributed by atoms with Gasteiger partial charge in [0.05, 0.1) is 6.26 Å². The van der Waals surface area contributed by atoms with Crippen LogP contribution in [0.5, 0.6) is 0 Å². The number of oxazole rings is 1. The van der Waals surface area contributed by atoms with Crippen molar-refractivity contribution in [2.45, 2.75) is 32.6 Å². The molecule has 1 N–H and O–H groups in total. The lowest BCUT2D eigenvalue weighted by molar-refractivity contribution is -0.120. The number of piperidine rings is 1. The lowest BCUT2D eigenvalue weighted by atomic mass is 9.95. The SMILES string of the molecule is CCCc1ccc(NC(=O)C2CCN(c3oc(-c4ccco4)nc3C#N)CC2)cc1. The Kier molecular flexibility index (Phi) is 5.84. The summed E-state index contributed by atoms with van der Waals surface area (Å²) in [6, 6.07) is 13.6. The summed E-state index contributed by atoms with van der Waals surface area (Å²) < 4.78 is 11.1. The molecule has 1 amide bonds. The maximum atomic E-state index is 12.7. The molecule has 0 radical (unpaired) electrons. The summed E-state index contributed by atoms with van der Waals surface area (Å²) in [6.07, 6.45) is 5.04. The van der Waals surface area contributed by atoms with Crippen molar-refractivity contribution in [2.24, 2.45) is 5.92 Å². The minimum absolute atomic E-state index is 0.0345. The Balaban J connectivity index is 1.37. The Labute approximate surface area is 175 Å². The maximum Gasteiger partial charge on any atom is 0.266 e. The zero-order valence-electron chi connectivity index (χ0n) is 16.9. The smallest absolute Gasteiger partial charge is 0.266 e. The van der Waals surface area contributed by atoms with E-state index in [1.807, 2.05) is 17.0 Å². The van der Waals surface area contributed by atoms with Gasteiger partial charge in [0.2, 0.25) is 17.5 Å². The molecule has 3 aromatic rings. The van der Waals surface area contributed by atoms with E-state index in [-0.39, 0.29) is 23.4 Å². The van der Waals surface area contributed by atoms with Crippen LogP contribution in [0.3, 0.4) is 0 Å². The van der Waals surface area contributed by atoms with Gasteiger partial charge >= 0.3 is 0 Å². The number of hydrogen-bond donors (Lipinski definition) is 1. The normalized spacial score (nSPS) is 14.5. The summed E-state index contributed by atoms with van der Waals surface area (Å²) in [5.41, 5.74) is 2.34. The van der Waals surface area contributed by atoms with E-state index in [1.165, 1.54) is 11.8 Å². The second-order valence-corrected chi connectivity index (χ2v) is 7.46. The van der Waals surface area contributed by atoms with Crippen molar-refractivity contribution in [3.05, 3.63) is 53.9 Å². The molecule has 0 bridgehead atoms. The summed E-state index contributed by atoms with van der Waals surface area (Å²) >= 11 is 0. The molecular formula is C23H24N4O3. The fourth-order valence-corrected chi connectivity index (χ4v) is 3.74. The molecule has 0 aliphatic carbocycles. The number of aryl methyl sites for hydroxylation is 1. The highest BCUT2D eigenvalue weighted by Crippen LogP contribution is 2.31. The van der Waals surface area contributed by atoms with E-state index in [0.29, 0.717) is 37.6 Å². The van der Waals surface area contributed by atoms with Crippen molar-refractivity contribution in [2.75, 3.05) is 23.3 Å². The van der Waals surface area contributed by atoms with Crippen LogP contribution < -0.4 is 10.2 Å². The average Bonchev–Trinajstić information content (AvgIpc) is 3.45. The van der Waals surface area contributed by atoms with Gasteiger partial charge in [-0.3, -0.25) is 4.79 Å². The predicted molar refractivity (Wildman–Crippen MR) is 113 cm³/mol. The van der Waals surface area contributed by atoms with Gasteiger partial charge in [-0.15, -0.1) is 0 Å². The van der Waals surface area contributed by atoms with Crippen LogP contribution in [0.2, 0.25) is 0 Å². The van der Waals surface area contributed by atoms with Crippen molar-refractivity contribution >= 4 is 17.5 Å². The predicted octanol–water partition coefficient (Wildman–Crippen LogP) is 4.61. The van der Waals surface area contributed by atoms with Gasteiger partial charge in [0, 0.05) is 24.7 Å². The van der Waals surface area contributed by atoms with Crippen LogP contribution in [0, 0.1) is 17.2 Å². The third-order valence-electron chi connectivity index (χ3n) is 5.36. The molecule has 2 aromatic heterocycles. The molecule has 154 valence electrons. The van der Waals surface area contributed by atoms with Gasteiger partial charge in [0.25, 0.3) is 5.89 Å². The number of anilines is 2. The Morgan fingerprint density at radius 2 is 2.03 bits per heavy atom. The van der Waals surface area contributed by atoms with E-state index < -0.39 is 0 Å². The molecule has 30 heavy (non-hydrogen) atoms. The van der Waals surface area contributed by atoms with Gasteiger partial charge in [0.1, 0.15) is 6.07 Å². The van der Waals surface area contributed by atoms with Crippen molar-refractivity contribution in [1.82, 2.24) is 4.98 Å². The van der Waals surface area contributed by atoms with Gasteiger partial charge in [-0.05, 0) is 49.1 Å². The number of amides is 1. The number of furan rings is 1. The van der Waals surface area contributed by atoms with Crippen LogP contribution in [0.15, 0.2) is 51.5 Å². The highest BCUT2D eigenvalue weighted by molar-refractivity contribution is 5.92. The van der Waals surface area contributed by atoms with Crippen LogP contribution in [0.4, 0.5) is 11.6 Å². The fourth-order valence-electron chi connectivity index (χ4n) is 3.74. The first-order valence-corrected chi connectivity index (χ1v) is 10.3. The minimum Gasteiger partial charge on any atom is -0.459 e. The summed E-state index contributed by atoms with van der Waals surface area (Å²) in [6.45, 7) is 3.39. The summed E-state index contributed by atoms with van der Waals surface area (Å²) in [5, 5.41) is 12.4. The maximum absolute atomic E-state index is 12.7. The van der Waals surface area contributed by atoms with Crippen molar-refractivity contribution < 1.29 is 13.6 Å². The molecule has 1 fully saturated rings. The molecule has 4 rings (SSSR count). The van der Waals surface area contributed by atoms with Crippen molar-refractivity contribution in [1.29, 1.82) is 5.26 Å². The van der Waals surface area contributed by atoms with Crippen LogP contribution in [-0.2, 0) is 11.2 Å². The molecule has 7 nitrogen and oxygen atoms in total. The first-order valence-electron chi connectivity index (χ1n) is 10.3. The molecule has 0 saturated carbocycles. The second kappa shape index (κ2) is 8.87. The van der Waals surface area contributed by atoms with E-state index in [4.69, 9.17) is 8.83 Å². The molecule has 1 saturated heterocycles. The Bertz CT molecular complexity index is 1020. The molecule has 7 heteroatoms. The van der Waals surface area contributed by atoms with Crippen LogP contribution >= 0.6 is 0 Å². The number of carbonyl (C=O) groups is 1. The fraction of sp³-hybridized carbons (Fsp3) is 0.348. The lowest BCUT2D eigenvalue weighted by Crippen LogP contribution is -2.38. The number of nitrogens with zero attached hydrogens (tertiary/aromatic N) is 3. The van der Waals surface area contributed by atoms with Gasteiger partial charge in [-0.25, -0.2) is 0 Å². The van der Waals surface area contributed by atoms with Gasteiger partial charge in [0.15, 0.2) is 5.76 Å². The second-order valence-electron chi connectivity index (χ2n) is 7.46. The van der Waals surface area contributed by atoms with Crippen molar-refractivity contribution in [3.63, 3.8) is 0 Å². The van der Waals surface area contributed by atoms with Crippen LogP contribution in [-0.4, -0.2) is 24.0 Å². The Morgan fingerprint density at radius 1 is 1.27 bits per heavy atom. The Morgan fingerprint density at radius 3 is 2.67 bits per heavy atom. The number of carbonyl (C=O) groups excluding carboxylic acids is 1. The van der Waals surface area contributed by atoms with Gasteiger partial charge in [-0.2, -0.15) is 10.2 Å². The van der Waals surface area contributed by atoms with Crippen LogP contribution in [0.1, 0.15) is 37.4 Å². The largest absolute Gasteiger partial charge is 0.459 e. The average molecular weight is 404 g/mol. The van der Waals surface area contributed by atoms with Crippen molar-refractivity contribution in [3.8, 4) is 17.7 Å². The van der Waals surface area contributed by atoms with E-state index >= 15 is 0 Å². The van der Waals surface area contributed by atoms with E-state index in [9.17, 15) is 10.1 Å². The first kappa shape index (κ1) is 19.8. The lowest BCUT2D eigenvalue weighted by Gasteiger charge is -2.30. The number of aromatic nitrogens is 1. The zero-order valence-corrected chi connectivity index (χ0v) is 16.9. The number of nitriles is 1. The highest BCUT2D eigenvalue weighted by Gasteiger charge is 2.29. The monoisotopic (exact) mass is 404 g/mol. The summed E-state index contributed by atoms with van der Waals surface area (Å²) in [4.78, 5) is 18.9. The summed E-state index contributed by atoms with van der Waals surface area (Å²) in [7, 11) is 0. The highest BCUT2D eigenvalue weighted by atomic mass is 16.4.